The van der Waals surface area contributed by atoms with Gasteiger partial charge in [0.2, 0.25) is 0 Å². The van der Waals surface area contributed by atoms with Crippen LogP contribution in [0, 0.1) is 11.3 Å². The van der Waals surface area contributed by atoms with E-state index >= 15 is 0 Å². The molecule has 2 heterocycles. The fourth-order valence-corrected chi connectivity index (χ4v) is 3.27. The lowest BCUT2D eigenvalue weighted by atomic mass is 10.1. The molecule has 0 fully saturated rings. The minimum atomic E-state index is 0.179. The quantitative estimate of drug-likeness (QED) is 0.569. The summed E-state index contributed by atoms with van der Waals surface area (Å²) in [5.74, 6) is 0.714. The van der Waals surface area contributed by atoms with E-state index in [0.29, 0.717) is 11.4 Å². The van der Waals surface area contributed by atoms with E-state index in [0.717, 1.165) is 28.2 Å². The monoisotopic (exact) mass is 339 g/mol. The van der Waals surface area contributed by atoms with Crippen molar-refractivity contribution in [2.24, 2.45) is 0 Å². The number of aromatic amines is 1. The highest BCUT2D eigenvalue weighted by molar-refractivity contribution is 5.95. The zero-order chi connectivity index (χ0) is 17.9. The second kappa shape index (κ2) is 6.81. The predicted octanol–water partition coefficient (Wildman–Crippen LogP) is 4.12. The van der Waals surface area contributed by atoms with Crippen molar-refractivity contribution in [3.63, 3.8) is 0 Å². The van der Waals surface area contributed by atoms with Crippen molar-refractivity contribution in [2.45, 2.75) is 19.4 Å². The van der Waals surface area contributed by atoms with Gasteiger partial charge in [0.1, 0.15) is 11.6 Å². The number of nitrogens with zero attached hydrogens (tertiary/aromatic N) is 2. The van der Waals surface area contributed by atoms with Crippen molar-refractivity contribution in [2.75, 3.05) is 5.32 Å². The fourth-order valence-electron chi connectivity index (χ4n) is 3.27. The number of hydrogen-bond donors (Lipinski definition) is 1. The molecule has 0 aliphatic rings. The van der Waals surface area contributed by atoms with Gasteiger partial charge in [-0.1, -0.05) is 48.5 Å². The summed E-state index contributed by atoms with van der Waals surface area (Å²) < 4.78 is 0. The van der Waals surface area contributed by atoms with Crippen LogP contribution in [0.1, 0.15) is 18.1 Å². The first-order chi connectivity index (χ1) is 12.7. The van der Waals surface area contributed by atoms with E-state index in [2.05, 4.69) is 41.5 Å². The Morgan fingerprint density at radius 2 is 1.85 bits per heavy atom. The van der Waals surface area contributed by atoms with Crippen molar-refractivity contribution in [1.29, 1.82) is 5.26 Å². The number of H-pyrrole nitrogens is 1. The highest BCUT2D eigenvalue weighted by Crippen LogP contribution is 2.24. The second-order valence-corrected chi connectivity index (χ2v) is 6.50. The van der Waals surface area contributed by atoms with E-state index in [9.17, 15) is 5.26 Å². The summed E-state index contributed by atoms with van der Waals surface area (Å²) in [6.45, 7) is 2.11. The fraction of sp³-hybridized carbons (Fsp3) is 0.136. The Kier molecular flexibility index (Phi) is 4.20. The van der Waals surface area contributed by atoms with Gasteiger partial charge in [0.25, 0.3) is 5.82 Å². The third-order valence-corrected chi connectivity index (χ3v) is 4.50. The first-order valence-electron chi connectivity index (χ1n) is 8.69. The van der Waals surface area contributed by atoms with Gasteiger partial charge in [-0.05, 0) is 24.6 Å². The molecule has 26 heavy (non-hydrogen) atoms. The zero-order valence-electron chi connectivity index (χ0n) is 14.5. The van der Waals surface area contributed by atoms with Gasteiger partial charge in [-0.25, -0.2) is 9.97 Å². The van der Waals surface area contributed by atoms with Crippen LogP contribution in [0.2, 0.25) is 0 Å². The molecular formula is C22H19N4+. The molecule has 4 nitrogen and oxygen atoms in total. The van der Waals surface area contributed by atoms with Gasteiger partial charge in [0.05, 0.1) is 17.8 Å². The molecule has 2 aromatic heterocycles. The summed E-state index contributed by atoms with van der Waals surface area (Å²) in [4.78, 5) is 7.96. The summed E-state index contributed by atoms with van der Waals surface area (Å²) in [5, 5.41) is 15.2. The Labute approximate surface area is 152 Å². The zero-order valence-corrected chi connectivity index (χ0v) is 14.5. The van der Waals surface area contributed by atoms with Crippen molar-refractivity contribution in [3.05, 3.63) is 78.0 Å². The topological polar surface area (TPSA) is 62.9 Å². The average Bonchev–Trinajstić information content (AvgIpc) is 2.67. The number of pyridine rings is 2. The highest BCUT2D eigenvalue weighted by Gasteiger charge is 2.19. The Morgan fingerprint density at radius 3 is 2.65 bits per heavy atom. The second-order valence-electron chi connectivity index (χ2n) is 6.50. The number of rotatable bonds is 4. The van der Waals surface area contributed by atoms with Gasteiger partial charge in [0, 0.05) is 17.2 Å². The molecule has 0 bridgehead atoms. The van der Waals surface area contributed by atoms with E-state index in [4.69, 9.17) is 4.98 Å². The van der Waals surface area contributed by atoms with Crippen LogP contribution >= 0.6 is 0 Å². The Balaban J connectivity index is 1.71. The highest BCUT2D eigenvalue weighted by atomic mass is 15.0. The van der Waals surface area contributed by atoms with Gasteiger partial charge in [-0.2, -0.15) is 5.26 Å². The van der Waals surface area contributed by atoms with Crippen molar-refractivity contribution >= 4 is 27.6 Å². The number of anilines is 1. The van der Waals surface area contributed by atoms with E-state index < -0.39 is 0 Å². The van der Waals surface area contributed by atoms with Gasteiger partial charge in [0.15, 0.2) is 5.56 Å². The lowest BCUT2D eigenvalue weighted by Crippen LogP contribution is -2.24. The Hall–Kier alpha value is -3.45. The molecule has 4 heteroatoms. The van der Waals surface area contributed by atoms with Gasteiger partial charge in [-0.15, -0.1) is 0 Å². The molecule has 2 N–H and O–H groups in total. The van der Waals surface area contributed by atoms with Crippen LogP contribution in [-0.2, 0) is 6.42 Å². The van der Waals surface area contributed by atoms with Crippen LogP contribution < -0.4 is 10.3 Å². The van der Waals surface area contributed by atoms with Crippen molar-refractivity contribution < 1.29 is 4.98 Å². The Morgan fingerprint density at radius 1 is 1.08 bits per heavy atom. The molecular weight excluding hydrogens is 320 g/mol. The maximum atomic E-state index is 9.74. The standard InChI is InChI=1S/C22H18N4/c1-15(11-16-7-3-2-4-8-16)25-22-19(13-23)21-18(14-24-22)12-17-9-5-6-10-20(17)26-21/h2-10,12,14-15H,11H2,1H3,(H,24,25)/p+1/t15-/m0/s1. The number of benzene rings is 2. The molecule has 0 aliphatic heterocycles. The molecule has 0 amide bonds. The molecule has 126 valence electrons. The molecule has 0 unspecified atom stereocenters. The van der Waals surface area contributed by atoms with E-state index in [1.54, 1.807) is 0 Å². The molecule has 0 radical (unpaired) electrons. The van der Waals surface area contributed by atoms with Gasteiger partial charge < -0.3 is 0 Å². The maximum absolute atomic E-state index is 9.74. The van der Waals surface area contributed by atoms with Crippen LogP contribution in [0.25, 0.3) is 21.8 Å². The lowest BCUT2D eigenvalue weighted by Gasteiger charge is -2.11. The minimum absolute atomic E-state index is 0.179. The molecule has 0 saturated carbocycles. The SMILES string of the molecule is C[C@@H](Cc1ccccc1)Nc1[nH+]cc2cc3ccccc3nc2c1C#N. The van der Waals surface area contributed by atoms with Gasteiger partial charge >= 0.3 is 0 Å². The van der Waals surface area contributed by atoms with Crippen LogP contribution in [0.5, 0.6) is 0 Å². The molecule has 4 rings (SSSR count). The smallest absolute Gasteiger partial charge is 0.271 e. The number of aromatic nitrogens is 2. The molecule has 0 aliphatic carbocycles. The molecule has 0 saturated heterocycles. The van der Waals surface area contributed by atoms with E-state index in [1.807, 2.05) is 48.7 Å². The van der Waals surface area contributed by atoms with Crippen LogP contribution in [-0.4, -0.2) is 11.0 Å². The minimum Gasteiger partial charge on any atom is -0.271 e. The van der Waals surface area contributed by atoms with Crippen LogP contribution in [0.4, 0.5) is 5.82 Å². The predicted molar refractivity (Wildman–Crippen MR) is 104 cm³/mol. The largest absolute Gasteiger partial charge is 0.292 e. The summed E-state index contributed by atoms with van der Waals surface area (Å²) >= 11 is 0. The number of hydrogen-bond acceptors (Lipinski definition) is 3. The average molecular weight is 339 g/mol. The lowest BCUT2D eigenvalue weighted by molar-refractivity contribution is -0.359. The first-order valence-corrected chi connectivity index (χ1v) is 8.69. The Bertz CT molecular complexity index is 1110. The normalized spacial score (nSPS) is 12.0. The molecule has 1 atom stereocenters. The van der Waals surface area contributed by atoms with E-state index in [-0.39, 0.29) is 6.04 Å². The number of nitrogens with one attached hydrogen (secondary N) is 2. The van der Waals surface area contributed by atoms with Crippen molar-refractivity contribution in [1.82, 2.24) is 4.98 Å². The first kappa shape index (κ1) is 16.0. The number of nitriles is 1. The van der Waals surface area contributed by atoms with Crippen LogP contribution in [0.3, 0.4) is 0 Å². The van der Waals surface area contributed by atoms with Gasteiger partial charge in [-0.3, -0.25) is 5.32 Å². The molecule has 0 spiro atoms. The number of para-hydroxylation sites is 1. The van der Waals surface area contributed by atoms with Crippen molar-refractivity contribution in [3.8, 4) is 6.07 Å². The number of fused-ring (bicyclic) bond motifs is 2. The molecule has 2 aromatic carbocycles. The summed E-state index contributed by atoms with van der Waals surface area (Å²) in [5.41, 5.74) is 3.43. The molecule has 4 aromatic rings. The third-order valence-electron chi connectivity index (χ3n) is 4.50. The third kappa shape index (κ3) is 3.07. The maximum Gasteiger partial charge on any atom is 0.292 e. The summed E-state index contributed by atoms with van der Waals surface area (Å²) in [6.07, 6.45) is 2.79. The van der Waals surface area contributed by atoms with Crippen LogP contribution in [0.15, 0.2) is 66.9 Å². The summed E-state index contributed by atoms with van der Waals surface area (Å²) in [6, 6.07) is 22.8. The summed E-state index contributed by atoms with van der Waals surface area (Å²) in [7, 11) is 0. The van der Waals surface area contributed by atoms with E-state index in [1.165, 1.54) is 5.56 Å².